The first-order chi connectivity index (χ1) is 9.25. The van der Waals surface area contributed by atoms with Crippen LogP contribution in [0.5, 0.6) is 0 Å². The Labute approximate surface area is 118 Å². The standard InChI is InChI=1S/C17H19NS/c1-18(2)12-6-8-13-7-5-10-15-14-9-3-4-11-16(14)19-17(13)15/h3-5,7,9-11H,6,8,12H2,1-2H3. The lowest BCUT2D eigenvalue weighted by Crippen LogP contribution is -2.13. The average Bonchev–Trinajstić information content (AvgIpc) is 2.78. The second kappa shape index (κ2) is 5.32. The lowest BCUT2D eigenvalue weighted by atomic mass is 10.1. The highest BCUT2D eigenvalue weighted by atomic mass is 32.1. The molecule has 0 aliphatic heterocycles. The van der Waals surface area contributed by atoms with Crippen LogP contribution in [0, 0.1) is 0 Å². The van der Waals surface area contributed by atoms with Crippen molar-refractivity contribution >= 4 is 31.5 Å². The van der Waals surface area contributed by atoms with Crippen LogP contribution in [0.2, 0.25) is 0 Å². The Morgan fingerprint density at radius 2 is 1.74 bits per heavy atom. The number of thiophene rings is 1. The lowest BCUT2D eigenvalue weighted by molar-refractivity contribution is 0.400. The summed E-state index contributed by atoms with van der Waals surface area (Å²) < 4.78 is 2.88. The minimum atomic E-state index is 1.15. The zero-order valence-corrected chi connectivity index (χ0v) is 12.3. The van der Waals surface area contributed by atoms with Crippen LogP contribution in [-0.2, 0) is 6.42 Å². The molecule has 1 heterocycles. The first-order valence-electron chi connectivity index (χ1n) is 6.79. The third-order valence-corrected chi connectivity index (χ3v) is 4.80. The van der Waals surface area contributed by atoms with Crippen LogP contribution in [0.3, 0.4) is 0 Å². The second-order valence-corrected chi connectivity index (χ2v) is 6.35. The van der Waals surface area contributed by atoms with E-state index in [0.717, 1.165) is 6.54 Å². The van der Waals surface area contributed by atoms with Gasteiger partial charge in [0, 0.05) is 20.2 Å². The van der Waals surface area contributed by atoms with E-state index in [9.17, 15) is 0 Å². The van der Waals surface area contributed by atoms with Crippen molar-refractivity contribution in [2.75, 3.05) is 20.6 Å². The molecule has 3 aromatic rings. The van der Waals surface area contributed by atoms with Crippen molar-refractivity contribution in [2.45, 2.75) is 12.8 Å². The molecular formula is C17H19NS. The van der Waals surface area contributed by atoms with E-state index in [1.807, 2.05) is 11.3 Å². The number of aryl methyl sites for hydroxylation is 1. The van der Waals surface area contributed by atoms with Gasteiger partial charge in [0.25, 0.3) is 0 Å². The second-order valence-electron chi connectivity index (χ2n) is 5.30. The molecule has 0 amide bonds. The van der Waals surface area contributed by atoms with E-state index in [-0.39, 0.29) is 0 Å². The molecular weight excluding hydrogens is 250 g/mol. The third kappa shape index (κ3) is 2.51. The Kier molecular flexibility index (Phi) is 3.54. The maximum absolute atomic E-state index is 2.29. The molecule has 0 fully saturated rings. The maximum atomic E-state index is 2.29. The van der Waals surface area contributed by atoms with Crippen LogP contribution in [0.4, 0.5) is 0 Å². The fourth-order valence-electron chi connectivity index (χ4n) is 2.59. The van der Waals surface area contributed by atoms with E-state index in [1.165, 1.54) is 38.6 Å². The van der Waals surface area contributed by atoms with Crippen molar-refractivity contribution in [3.05, 3.63) is 48.0 Å². The molecule has 1 aromatic heterocycles. The Morgan fingerprint density at radius 3 is 2.58 bits per heavy atom. The van der Waals surface area contributed by atoms with E-state index >= 15 is 0 Å². The summed E-state index contributed by atoms with van der Waals surface area (Å²) in [6, 6.07) is 15.5. The maximum Gasteiger partial charge on any atom is 0.0387 e. The predicted molar refractivity (Wildman–Crippen MR) is 86.2 cm³/mol. The number of rotatable bonds is 4. The Hall–Kier alpha value is -1.38. The highest BCUT2D eigenvalue weighted by molar-refractivity contribution is 7.26. The zero-order valence-electron chi connectivity index (χ0n) is 11.5. The van der Waals surface area contributed by atoms with E-state index in [4.69, 9.17) is 0 Å². The molecule has 0 aliphatic carbocycles. The van der Waals surface area contributed by atoms with Gasteiger partial charge < -0.3 is 4.90 Å². The van der Waals surface area contributed by atoms with E-state index in [1.54, 1.807) is 0 Å². The number of hydrogen-bond acceptors (Lipinski definition) is 2. The first-order valence-corrected chi connectivity index (χ1v) is 7.61. The van der Waals surface area contributed by atoms with E-state index in [2.05, 4.69) is 61.5 Å². The summed E-state index contributed by atoms with van der Waals surface area (Å²) >= 11 is 1.93. The molecule has 0 bridgehead atoms. The molecule has 0 spiro atoms. The van der Waals surface area contributed by atoms with Gasteiger partial charge >= 0.3 is 0 Å². The number of fused-ring (bicyclic) bond motifs is 3. The molecule has 2 heteroatoms. The topological polar surface area (TPSA) is 3.24 Å². The summed E-state index contributed by atoms with van der Waals surface area (Å²) in [5, 5.41) is 2.82. The summed E-state index contributed by atoms with van der Waals surface area (Å²) in [6.07, 6.45) is 2.39. The summed E-state index contributed by atoms with van der Waals surface area (Å²) in [7, 11) is 4.28. The summed E-state index contributed by atoms with van der Waals surface area (Å²) in [5.41, 5.74) is 1.50. The Morgan fingerprint density at radius 1 is 0.947 bits per heavy atom. The van der Waals surface area contributed by atoms with Crippen molar-refractivity contribution in [1.82, 2.24) is 4.90 Å². The summed E-state index contributed by atoms with van der Waals surface area (Å²) in [5.74, 6) is 0. The average molecular weight is 269 g/mol. The smallest absolute Gasteiger partial charge is 0.0387 e. The summed E-state index contributed by atoms with van der Waals surface area (Å²) in [6.45, 7) is 1.15. The van der Waals surface area contributed by atoms with Gasteiger partial charge in [-0.3, -0.25) is 0 Å². The molecule has 0 unspecified atom stereocenters. The van der Waals surface area contributed by atoms with Gasteiger partial charge in [0.1, 0.15) is 0 Å². The SMILES string of the molecule is CN(C)CCCc1cccc2c1sc1ccccc12. The van der Waals surface area contributed by atoms with Crippen LogP contribution in [-0.4, -0.2) is 25.5 Å². The van der Waals surface area contributed by atoms with Gasteiger partial charge in [-0.25, -0.2) is 0 Å². The minimum absolute atomic E-state index is 1.15. The molecule has 0 saturated carbocycles. The quantitative estimate of drug-likeness (QED) is 0.671. The van der Waals surface area contributed by atoms with Crippen LogP contribution in [0.15, 0.2) is 42.5 Å². The monoisotopic (exact) mass is 269 g/mol. The molecule has 1 nitrogen and oxygen atoms in total. The number of hydrogen-bond donors (Lipinski definition) is 0. The van der Waals surface area contributed by atoms with Crippen LogP contribution < -0.4 is 0 Å². The highest BCUT2D eigenvalue weighted by Crippen LogP contribution is 2.35. The van der Waals surface area contributed by atoms with E-state index in [0.29, 0.717) is 0 Å². The molecule has 0 atom stereocenters. The number of benzene rings is 2. The Balaban J connectivity index is 2.00. The molecule has 0 N–H and O–H groups in total. The van der Waals surface area contributed by atoms with Crippen molar-refractivity contribution in [3.8, 4) is 0 Å². The molecule has 2 aromatic carbocycles. The van der Waals surface area contributed by atoms with Gasteiger partial charge in [0.15, 0.2) is 0 Å². The fourth-order valence-corrected chi connectivity index (χ4v) is 3.83. The van der Waals surface area contributed by atoms with Crippen LogP contribution >= 0.6 is 11.3 Å². The lowest BCUT2D eigenvalue weighted by Gasteiger charge is -2.09. The van der Waals surface area contributed by atoms with Crippen molar-refractivity contribution < 1.29 is 0 Å². The highest BCUT2D eigenvalue weighted by Gasteiger charge is 2.07. The van der Waals surface area contributed by atoms with Gasteiger partial charge in [-0.1, -0.05) is 36.4 Å². The van der Waals surface area contributed by atoms with Gasteiger partial charge in [0.05, 0.1) is 0 Å². The van der Waals surface area contributed by atoms with Gasteiger partial charge in [-0.2, -0.15) is 0 Å². The molecule has 3 rings (SSSR count). The molecule has 0 saturated heterocycles. The van der Waals surface area contributed by atoms with Crippen molar-refractivity contribution in [3.63, 3.8) is 0 Å². The zero-order chi connectivity index (χ0) is 13.2. The van der Waals surface area contributed by atoms with Gasteiger partial charge in [-0.15, -0.1) is 11.3 Å². The molecule has 98 valence electrons. The normalized spacial score (nSPS) is 11.7. The van der Waals surface area contributed by atoms with Crippen molar-refractivity contribution in [2.24, 2.45) is 0 Å². The minimum Gasteiger partial charge on any atom is -0.309 e. The Bertz CT molecular complexity index is 697. The van der Waals surface area contributed by atoms with Crippen LogP contribution in [0.1, 0.15) is 12.0 Å². The van der Waals surface area contributed by atoms with Gasteiger partial charge in [0.2, 0.25) is 0 Å². The van der Waals surface area contributed by atoms with Crippen molar-refractivity contribution in [1.29, 1.82) is 0 Å². The first kappa shape index (κ1) is 12.6. The predicted octanol–water partition coefficient (Wildman–Crippen LogP) is 4.55. The fraction of sp³-hybridized carbons (Fsp3) is 0.294. The molecule has 0 aliphatic rings. The third-order valence-electron chi connectivity index (χ3n) is 3.54. The van der Waals surface area contributed by atoms with E-state index < -0.39 is 0 Å². The van der Waals surface area contributed by atoms with Gasteiger partial charge in [-0.05, 0) is 45.1 Å². The molecule has 19 heavy (non-hydrogen) atoms. The number of nitrogens with zero attached hydrogens (tertiary/aromatic N) is 1. The summed E-state index contributed by atoms with van der Waals surface area (Å²) in [4.78, 5) is 2.26. The largest absolute Gasteiger partial charge is 0.309 e. The molecule has 0 radical (unpaired) electrons. The van der Waals surface area contributed by atoms with Crippen LogP contribution in [0.25, 0.3) is 20.2 Å².